The van der Waals surface area contributed by atoms with Crippen LogP contribution in [0.4, 0.5) is 0 Å². The molecule has 0 heterocycles. The molecule has 0 amide bonds. The molecule has 0 fully saturated rings. The van der Waals surface area contributed by atoms with Gasteiger partial charge in [0, 0.05) is 0 Å². The molecule has 0 aliphatic rings. The third-order valence-corrected chi connectivity index (χ3v) is 4.28. The Morgan fingerprint density at radius 2 is 1.27 bits per heavy atom. The fourth-order valence-corrected chi connectivity index (χ4v) is 2.96. The topological polar surface area (TPSA) is 0 Å². The van der Waals surface area contributed by atoms with Crippen molar-refractivity contribution in [2.45, 2.75) is 84.0 Å². The monoisotopic (exact) mass is 310 g/mol. The van der Waals surface area contributed by atoms with E-state index in [0.717, 1.165) is 6.42 Å². The van der Waals surface area contributed by atoms with Crippen molar-refractivity contribution in [1.29, 1.82) is 0 Å². The van der Waals surface area contributed by atoms with Gasteiger partial charge >= 0.3 is 29.6 Å². The summed E-state index contributed by atoms with van der Waals surface area (Å²) in [7, 11) is 0. The van der Waals surface area contributed by atoms with Gasteiger partial charge < -0.3 is 0 Å². The zero-order chi connectivity index (χ0) is 15.2. The molecule has 0 spiro atoms. The van der Waals surface area contributed by atoms with Gasteiger partial charge in [0.05, 0.1) is 0 Å². The van der Waals surface area contributed by atoms with Crippen molar-refractivity contribution in [3.8, 4) is 0 Å². The summed E-state index contributed by atoms with van der Waals surface area (Å²) in [6, 6.07) is 8.83. The summed E-state index contributed by atoms with van der Waals surface area (Å²) in [5, 5.41) is 0. The second kappa shape index (κ2) is 15.8. The van der Waals surface area contributed by atoms with Gasteiger partial charge in [-0.15, -0.1) is 6.58 Å². The molecule has 0 radical (unpaired) electrons. The van der Waals surface area contributed by atoms with E-state index < -0.39 is 0 Å². The first-order valence-electron chi connectivity index (χ1n) is 9.06. The number of unbranched alkanes of at least 4 members (excludes halogenated alkanes) is 9. The van der Waals surface area contributed by atoms with Crippen molar-refractivity contribution in [2.75, 3.05) is 0 Å². The predicted octanol–water partition coefficient (Wildman–Crippen LogP) is 6.23. The number of hydrogen-bond donors (Lipinski definition) is 0. The fraction of sp³-hybridized carbons (Fsp3) is 0.619. The molecule has 1 heteroatoms. The van der Waals surface area contributed by atoms with Gasteiger partial charge in [0.25, 0.3) is 0 Å². The summed E-state index contributed by atoms with van der Waals surface area (Å²) in [5.41, 5.74) is 2.99. The van der Waals surface area contributed by atoms with Crippen molar-refractivity contribution in [1.82, 2.24) is 0 Å². The van der Waals surface area contributed by atoms with Crippen LogP contribution in [0.3, 0.4) is 0 Å². The molecular formula is C21H35Na. The molecule has 0 N–H and O–H groups in total. The number of allylic oxidation sites excluding steroid dienone is 1. The number of benzene rings is 1. The van der Waals surface area contributed by atoms with Gasteiger partial charge in [0.1, 0.15) is 0 Å². The third kappa shape index (κ3) is 10.6. The van der Waals surface area contributed by atoms with E-state index in [0.29, 0.717) is 0 Å². The van der Waals surface area contributed by atoms with Crippen molar-refractivity contribution in [2.24, 2.45) is 0 Å². The molecule has 1 rings (SSSR count). The predicted molar refractivity (Wildman–Crippen MR) is 103 cm³/mol. The molecule has 0 aliphatic carbocycles. The fourth-order valence-electron chi connectivity index (χ4n) is 2.96. The molecule has 120 valence electrons. The van der Waals surface area contributed by atoms with Crippen LogP contribution in [0.25, 0.3) is 0 Å². The van der Waals surface area contributed by atoms with Crippen LogP contribution in [-0.2, 0) is 12.8 Å². The van der Waals surface area contributed by atoms with Gasteiger partial charge in [-0.25, -0.2) is 0 Å². The van der Waals surface area contributed by atoms with E-state index in [1.54, 1.807) is 0 Å². The second-order valence-corrected chi connectivity index (χ2v) is 6.19. The Bertz CT molecular complexity index is 370. The van der Waals surface area contributed by atoms with Crippen molar-refractivity contribution in [3.05, 3.63) is 48.0 Å². The van der Waals surface area contributed by atoms with Gasteiger partial charge in [0.2, 0.25) is 0 Å². The molecule has 0 unspecified atom stereocenters. The van der Waals surface area contributed by atoms with E-state index in [1.807, 2.05) is 6.08 Å². The Labute approximate surface area is 161 Å². The van der Waals surface area contributed by atoms with Crippen LogP contribution in [0.1, 0.15) is 82.3 Å². The number of rotatable bonds is 13. The molecule has 0 saturated carbocycles. The van der Waals surface area contributed by atoms with Crippen LogP contribution >= 0.6 is 0 Å². The van der Waals surface area contributed by atoms with Crippen molar-refractivity contribution >= 4 is 29.6 Å². The minimum atomic E-state index is 0. The van der Waals surface area contributed by atoms with Crippen LogP contribution in [0, 0.1) is 0 Å². The second-order valence-electron chi connectivity index (χ2n) is 6.19. The molecule has 1 aromatic carbocycles. The van der Waals surface area contributed by atoms with Gasteiger partial charge in [-0.05, 0) is 30.4 Å². The van der Waals surface area contributed by atoms with E-state index >= 15 is 0 Å². The Balaban J connectivity index is 0.00000441. The normalized spacial score (nSPS) is 10.2. The Hall–Kier alpha value is -0.0400. The zero-order valence-corrected chi connectivity index (χ0v) is 14.1. The first-order valence-corrected chi connectivity index (χ1v) is 9.06. The SMILES string of the molecule is C=CCc1ccccc1CCCCCCCCCCCC.[NaH]. The van der Waals surface area contributed by atoms with Crippen molar-refractivity contribution < 1.29 is 0 Å². The molecule has 0 saturated heterocycles. The van der Waals surface area contributed by atoms with E-state index in [-0.39, 0.29) is 29.6 Å². The summed E-state index contributed by atoms with van der Waals surface area (Å²) < 4.78 is 0. The van der Waals surface area contributed by atoms with E-state index in [2.05, 4.69) is 37.8 Å². The standard InChI is InChI=1S/C21H34.Na.H/c1-3-5-6-7-8-9-10-11-12-13-17-21-19-15-14-18-20(21)16-4-2;;/h4,14-15,18-19H,2-3,5-13,16-17H2,1H3;;. The molecular weight excluding hydrogens is 275 g/mol. The molecule has 22 heavy (non-hydrogen) atoms. The molecule has 0 aromatic heterocycles. The average Bonchev–Trinajstić information content (AvgIpc) is 2.51. The molecule has 1 aromatic rings. The first-order chi connectivity index (χ1) is 10.4. The third-order valence-electron chi connectivity index (χ3n) is 4.28. The molecule has 0 atom stereocenters. The van der Waals surface area contributed by atoms with Crippen molar-refractivity contribution in [3.63, 3.8) is 0 Å². The van der Waals surface area contributed by atoms with E-state index in [1.165, 1.54) is 81.8 Å². The van der Waals surface area contributed by atoms with Gasteiger partial charge in [0.15, 0.2) is 0 Å². The summed E-state index contributed by atoms with van der Waals surface area (Å²) in [6.07, 6.45) is 18.4. The molecule has 0 aliphatic heterocycles. The van der Waals surface area contributed by atoms with Crippen LogP contribution in [0.15, 0.2) is 36.9 Å². The maximum atomic E-state index is 3.85. The summed E-state index contributed by atoms with van der Waals surface area (Å²) in [5.74, 6) is 0. The van der Waals surface area contributed by atoms with Gasteiger partial charge in [-0.1, -0.05) is 95.1 Å². The maximum absolute atomic E-state index is 3.85. The molecule has 0 nitrogen and oxygen atoms in total. The number of aryl methyl sites for hydroxylation is 1. The average molecular weight is 311 g/mol. The van der Waals surface area contributed by atoms with E-state index in [9.17, 15) is 0 Å². The summed E-state index contributed by atoms with van der Waals surface area (Å²) in [4.78, 5) is 0. The summed E-state index contributed by atoms with van der Waals surface area (Å²) >= 11 is 0. The number of hydrogen-bond acceptors (Lipinski definition) is 0. The van der Waals surface area contributed by atoms with E-state index in [4.69, 9.17) is 0 Å². The Kier molecular flexibility index (Phi) is 15.8. The van der Waals surface area contributed by atoms with Gasteiger partial charge in [-0.2, -0.15) is 0 Å². The summed E-state index contributed by atoms with van der Waals surface area (Å²) in [6.45, 7) is 6.14. The van der Waals surface area contributed by atoms with Crippen LogP contribution in [-0.4, -0.2) is 29.6 Å². The van der Waals surface area contributed by atoms with Crippen LogP contribution < -0.4 is 0 Å². The van der Waals surface area contributed by atoms with Crippen LogP contribution in [0.5, 0.6) is 0 Å². The Morgan fingerprint density at radius 3 is 1.82 bits per heavy atom. The zero-order valence-electron chi connectivity index (χ0n) is 14.1. The first kappa shape index (κ1) is 22.0. The minimum absolute atomic E-state index is 0. The molecule has 0 bridgehead atoms. The van der Waals surface area contributed by atoms with Gasteiger partial charge in [-0.3, -0.25) is 0 Å². The van der Waals surface area contributed by atoms with Crippen LogP contribution in [0.2, 0.25) is 0 Å². The quantitative estimate of drug-likeness (QED) is 0.230. The Morgan fingerprint density at radius 1 is 0.773 bits per heavy atom.